The molecule has 0 saturated heterocycles. The maximum atomic E-state index is 11.6. The first-order valence-corrected chi connectivity index (χ1v) is 11.0. The molecule has 0 bridgehead atoms. The highest BCUT2D eigenvalue weighted by atomic mass is 32.2. The lowest BCUT2D eigenvalue weighted by molar-refractivity contribution is 0.306. The molecular weight excluding hydrogens is 386 g/mol. The molecule has 0 atom stereocenters. The molecule has 29 heavy (non-hydrogen) atoms. The van der Waals surface area contributed by atoms with E-state index in [-0.39, 0.29) is 0 Å². The molecule has 0 radical (unpaired) electrons. The molecule has 1 aliphatic heterocycles. The molecule has 0 aromatic heterocycles. The fraction of sp³-hybridized carbons (Fsp3) is 0.130. The molecule has 1 N–H and O–H groups in total. The van der Waals surface area contributed by atoms with Crippen molar-refractivity contribution in [3.8, 4) is 11.5 Å². The number of hydrogen-bond acceptors (Lipinski definition) is 4. The largest absolute Gasteiger partial charge is 0.497 e. The van der Waals surface area contributed by atoms with E-state index in [1.165, 1.54) is 0 Å². The molecular formula is C23H21NO4S. The molecule has 0 fully saturated rings. The summed E-state index contributed by atoms with van der Waals surface area (Å²) < 4.78 is 37.1. The van der Waals surface area contributed by atoms with Crippen LogP contribution >= 0.6 is 0 Å². The average molecular weight is 407 g/mol. The molecule has 0 unspecified atom stereocenters. The number of anilines is 1. The van der Waals surface area contributed by atoms with Crippen LogP contribution in [0.15, 0.2) is 66.7 Å². The second-order valence-electron chi connectivity index (χ2n) is 6.87. The van der Waals surface area contributed by atoms with Crippen molar-refractivity contribution in [1.29, 1.82) is 0 Å². The summed E-state index contributed by atoms with van der Waals surface area (Å²) in [6.45, 7) is 0.441. The van der Waals surface area contributed by atoms with E-state index in [1.807, 2.05) is 66.7 Å². The maximum Gasteiger partial charge on any atom is 0.229 e. The Morgan fingerprint density at radius 3 is 2.62 bits per heavy atom. The molecule has 0 amide bonds. The number of ether oxygens (including phenoxy) is 2. The van der Waals surface area contributed by atoms with Crippen molar-refractivity contribution in [3.05, 3.63) is 89.0 Å². The first-order chi connectivity index (χ1) is 13.9. The van der Waals surface area contributed by atoms with Crippen molar-refractivity contribution in [3.63, 3.8) is 0 Å². The molecule has 1 aliphatic rings. The van der Waals surface area contributed by atoms with Gasteiger partial charge in [-0.05, 0) is 53.1 Å². The van der Waals surface area contributed by atoms with Crippen LogP contribution in [0, 0.1) is 0 Å². The monoisotopic (exact) mass is 407 g/mol. The summed E-state index contributed by atoms with van der Waals surface area (Å²) in [6, 6.07) is 21.2. The van der Waals surface area contributed by atoms with Gasteiger partial charge in [0.05, 0.1) is 13.4 Å². The Hall–Kier alpha value is -3.25. The van der Waals surface area contributed by atoms with Gasteiger partial charge in [-0.15, -0.1) is 0 Å². The molecule has 6 heteroatoms. The van der Waals surface area contributed by atoms with Gasteiger partial charge in [0.15, 0.2) is 0 Å². The van der Waals surface area contributed by atoms with Crippen molar-refractivity contribution < 1.29 is 17.9 Å². The highest BCUT2D eigenvalue weighted by Gasteiger charge is 2.19. The molecule has 0 spiro atoms. The van der Waals surface area contributed by atoms with Gasteiger partial charge in [0.2, 0.25) is 10.0 Å². The standard InChI is InChI=1S/C23H21NO4S/c1-27-19-10-11-20-17(14-19)15-28-23-9-4-3-8-21(23)22(20)13-16-6-5-7-18(12-16)24-29(2,25)26/h3-14,24H,15H2,1-2H3. The Bertz CT molecular complexity index is 1200. The van der Waals surface area contributed by atoms with Crippen molar-refractivity contribution in [2.45, 2.75) is 6.61 Å². The minimum Gasteiger partial charge on any atom is -0.497 e. The van der Waals surface area contributed by atoms with Gasteiger partial charge in [0.25, 0.3) is 0 Å². The minimum absolute atomic E-state index is 0.441. The van der Waals surface area contributed by atoms with Crippen molar-refractivity contribution >= 4 is 27.4 Å². The van der Waals surface area contributed by atoms with E-state index >= 15 is 0 Å². The van der Waals surface area contributed by atoms with Crippen molar-refractivity contribution in [2.75, 3.05) is 18.1 Å². The zero-order chi connectivity index (χ0) is 20.4. The highest BCUT2D eigenvalue weighted by Crippen LogP contribution is 2.39. The lowest BCUT2D eigenvalue weighted by Crippen LogP contribution is -2.09. The lowest BCUT2D eigenvalue weighted by Gasteiger charge is -2.12. The fourth-order valence-corrected chi connectivity index (χ4v) is 3.98. The molecule has 3 aromatic rings. The summed E-state index contributed by atoms with van der Waals surface area (Å²) in [7, 11) is -1.70. The molecule has 4 rings (SSSR count). The second-order valence-corrected chi connectivity index (χ2v) is 8.61. The predicted molar refractivity (Wildman–Crippen MR) is 116 cm³/mol. The SMILES string of the molecule is COc1ccc2c(c1)COc1ccccc1C2=Cc1cccc(NS(C)(=O)=O)c1. The third-order valence-electron chi connectivity index (χ3n) is 4.66. The number of benzene rings is 3. The topological polar surface area (TPSA) is 64.6 Å². The van der Waals surface area contributed by atoms with Crippen LogP contribution in [0.5, 0.6) is 11.5 Å². The zero-order valence-electron chi connectivity index (χ0n) is 16.2. The Kier molecular flexibility index (Phi) is 5.03. The van der Waals surface area contributed by atoms with Crippen molar-refractivity contribution in [2.24, 2.45) is 0 Å². The van der Waals surface area contributed by atoms with E-state index < -0.39 is 10.0 Å². The summed E-state index contributed by atoms with van der Waals surface area (Å²) in [4.78, 5) is 0. The summed E-state index contributed by atoms with van der Waals surface area (Å²) >= 11 is 0. The first kappa shape index (κ1) is 19.1. The van der Waals surface area contributed by atoms with Crippen molar-refractivity contribution in [1.82, 2.24) is 0 Å². The van der Waals surface area contributed by atoms with E-state index in [0.717, 1.165) is 45.6 Å². The van der Waals surface area contributed by atoms with Gasteiger partial charge in [-0.1, -0.05) is 36.4 Å². The third-order valence-corrected chi connectivity index (χ3v) is 5.27. The highest BCUT2D eigenvalue weighted by molar-refractivity contribution is 7.92. The Morgan fingerprint density at radius 2 is 1.83 bits per heavy atom. The van der Waals surface area contributed by atoms with E-state index in [1.54, 1.807) is 13.2 Å². The van der Waals surface area contributed by atoms with Crippen LogP contribution in [0.2, 0.25) is 0 Å². The number of sulfonamides is 1. The Balaban J connectivity index is 1.87. The predicted octanol–water partition coefficient (Wildman–Crippen LogP) is 4.55. The van der Waals surface area contributed by atoms with Gasteiger partial charge >= 0.3 is 0 Å². The number of nitrogens with one attached hydrogen (secondary N) is 1. The number of rotatable bonds is 4. The molecule has 1 heterocycles. The Morgan fingerprint density at radius 1 is 1.00 bits per heavy atom. The van der Waals surface area contributed by atoms with Gasteiger partial charge < -0.3 is 9.47 Å². The molecule has 5 nitrogen and oxygen atoms in total. The Labute approximate surface area is 170 Å². The van der Waals surface area contributed by atoms with Gasteiger partial charge in [-0.2, -0.15) is 0 Å². The maximum absolute atomic E-state index is 11.6. The van der Waals surface area contributed by atoms with Crippen LogP contribution < -0.4 is 14.2 Å². The zero-order valence-corrected chi connectivity index (χ0v) is 17.0. The minimum atomic E-state index is -3.34. The smallest absolute Gasteiger partial charge is 0.229 e. The van der Waals surface area contributed by atoms with Crippen LogP contribution in [-0.4, -0.2) is 21.8 Å². The lowest BCUT2D eigenvalue weighted by atomic mass is 9.92. The van der Waals surface area contributed by atoms with Gasteiger partial charge in [-0.3, -0.25) is 4.72 Å². The molecule has 0 aliphatic carbocycles. The van der Waals surface area contributed by atoms with E-state index in [9.17, 15) is 8.42 Å². The molecule has 0 saturated carbocycles. The fourth-order valence-electron chi connectivity index (χ4n) is 3.42. The van der Waals surface area contributed by atoms with E-state index in [4.69, 9.17) is 9.47 Å². The first-order valence-electron chi connectivity index (χ1n) is 9.12. The summed E-state index contributed by atoms with van der Waals surface area (Å²) in [5, 5.41) is 0. The van der Waals surface area contributed by atoms with Gasteiger partial charge in [0.1, 0.15) is 18.1 Å². The third kappa shape index (κ3) is 4.27. The van der Waals surface area contributed by atoms with E-state index in [2.05, 4.69) is 4.72 Å². The van der Waals surface area contributed by atoms with Crippen LogP contribution in [0.3, 0.4) is 0 Å². The van der Waals surface area contributed by atoms with Crippen LogP contribution in [0.25, 0.3) is 11.6 Å². The quantitative estimate of drug-likeness (QED) is 0.689. The molecule has 3 aromatic carbocycles. The number of methoxy groups -OCH3 is 1. The van der Waals surface area contributed by atoms with E-state index in [0.29, 0.717) is 12.3 Å². The van der Waals surface area contributed by atoms with Crippen LogP contribution in [0.4, 0.5) is 5.69 Å². The average Bonchev–Trinajstić information content (AvgIpc) is 2.84. The van der Waals surface area contributed by atoms with Gasteiger partial charge in [0, 0.05) is 16.8 Å². The molecule has 148 valence electrons. The van der Waals surface area contributed by atoms with Gasteiger partial charge in [-0.25, -0.2) is 8.42 Å². The number of hydrogen-bond donors (Lipinski definition) is 1. The second kappa shape index (κ2) is 7.64. The number of fused-ring (bicyclic) bond motifs is 2. The summed E-state index contributed by atoms with van der Waals surface area (Å²) in [6.07, 6.45) is 3.19. The summed E-state index contributed by atoms with van der Waals surface area (Å²) in [5.74, 6) is 1.58. The normalized spacial score (nSPS) is 14.3. The van der Waals surface area contributed by atoms with Crippen LogP contribution in [-0.2, 0) is 16.6 Å². The number of para-hydroxylation sites is 1. The van der Waals surface area contributed by atoms with Crippen LogP contribution in [0.1, 0.15) is 22.3 Å². The summed E-state index contributed by atoms with van der Waals surface area (Å²) in [5.41, 5.74) is 5.47.